The van der Waals surface area contributed by atoms with Gasteiger partial charge in [0.2, 0.25) is 0 Å². The minimum Gasteiger partial charge on any atom is -0.497 e. The van der Waals surface area contributed by atoms with Gasteiger partial charge in [0.25, 0.3) is 0 Å². The lowest BCUT2D eigenvalue weighted by Crippen LogP contribution is -2.57. The minimum atomic E-state index is 0.321. The Kier molecular flexibility index (Phi) is 4.66. The molecule has 1 aromatic rings. The number of methoxy groups -OCH3 is 2. The van der Waals surface area contributed by atoms with Gasteiger partial charge in [-0.2, -0.15) is 0 Å². The number of hydrogen-bond donors (Lipinski definition) is 1. The summed E-state index contributed by atoms with van der Waals surface area (Å²) in [6.07, 6.45) is 0. The molecule has 19 heavy (non-hydrogen) atoms. The molecule has 1 aliphatic heterocycles. The maximum Gasteiger partial charge on any atom is 0.123 e. The third kappa shape index (κ3) is 2.85. The van der Waals surface area contributed by atoms with Crippen LogP contribution in [0, 0.1) is 0 Å². The average Bonchev–Trinajstić information content (AvgIpc) is 2.40. The molecule has 0 aliphatic carbocycles. The van der Waals surface area contributed by atoms with Gasteiger partial charge in [0, 0.05) is 30.7 Å². The molecule has 1 unspecified atom stereocenters. The van der Waals surface area contributed by atoms with Crippen molar-refractivity contribution >= 4 is 0 Å². The van der Waals surface area contributed by atoms with Gasteiger partial charge in [-0.15, -0.1) is 0 Å². The van der Waals surface area contributed by atoms with Crippen LogP contribution in [0.2, 0.25) is 0 Å². The van der Waals surface area contributed by atoms with E-state index in [2.05, 4.69) is 30.1 Å². The second-order valence-electron chi connectivity index (χ2n) is 4.93. The van der Waals surface area contributed by atoms with Crippen molar-refractivity contribution in [2.24, 2.45) is 0 Å². The number of likely N-dealkylation sites (N-methyl/N-ethyl adjacent to an activating group) is 1. The Bertz CT molecular complexity index is 419. The van der Waals surface area contributed by atoms with Crippen LogP contribution in [-0.4, -0.2) is 44.8 Å². The summed E-state index contributed by atoms with van der Waals surface area (Å²) in [6, 6.07) is 6.95. The fraction of sp³-hybridized carbons (Fsp3) is 0.600. The number of ether oxygens (including phenoxy) is 2. The van der Waals surface area contributed by atoms with Crippen LogP contribution in [0.25, 0.3) is 0 Å². The molecule has 1 heterocycles. The molecule has 4 heteroatoms. The van der Waals surface area contributed by atoms with Gasteiger partial charge in [0.05, 0.1) is 14.2 Å². The van der Waals surface area contributed by atoms with Crippen LogP contribution >= 0.6 is 0 Å². The summed E-state index contributed by atoms with van der Waals surface area (Å²) in [6.45, 7) is 7.63. The van der Waals surface area contributed by atoms with E-state index >= 15 is 0 Å². The predicted molar refractivity (Wildman–Crippen MR) is 77.0 cm³/mol. The van der Waals surface area contributed by atoms with Crippen LogP contribution in [-0.2, 0) is 0 Å². The van der Waals surface area contributed by atoms with Crippen molar-refractivity contribution in [1.29, 1.82) is 0 Å². The molecule has 1 aromatic carbocycles. The fourth-order valence-electron chi connectivity index (χ4n) is 2.70. The van der Waals surface area contributed by atoms with Gasteiger partial charge in [-0.1, -0.05) is 6.92 Å². The largest absolute Gasteiger partial charge is 0.497 e. The van der Waals surface area contributed by atoms with Crippen LogP contribution in [0.15, 0.2) is 18.2 Å². The molecule has 0 aromatic heterocycles. The van der Waals surface area contributed by atoms with E-state index in [0.717, 1.165) is 31.1 Å². The Labute approximate surface area is 115 Å². The van der Waals surface area contributed by atoms with Crippen molar-refractivity contribution in [3.05, 3.63) is 23.8 Å². The highest BCUT2D eigenvalue weighted by atomic mass is 16.5. The van der Waals surface area contributed by atoms with Gasteiger partial charge >= 0.3 is 0 Å². The van der Waals surface area contributed by atoms with E-state index in [9.17, 15) is 0 Å². The van der Waals surface area contributed by atoms with E-state index in [-0.39, 0.29) is 0 Å². The average molecular weight is 264 g/mol. The Morgan fingerprint density at radius 2 is 2.05 bits per heavy atom. The molecule has 0 amide bonds. The summed E-state index contributed by atoms with van der Waals surface area (Å²) >= 11 is 0. The van der Waals surface area contributed by atoms with Crippen molar-refractivity contribution in [2.45, 2.75) is 25.9 Å². The van der Waals surface area contributed by atoms with Crippen LogP contribution < -0.4 is 14.8 Å². The van der Waals surface area contributed by atoms with Crippen molar-refractivity contribution in [3.63, 3.8) is 0 Å². The van der Waals surface area contributed by atoms with E-state index in [4.69, 9.17) is 9.47 Å². The van der Waals surface area contributed by atoms with E-state index in [0.29, 0.717) is 12.1 Å². The van der Waals surface area contributed by atoms with Crippen LogP contribution in [0.5, 0.6) is 11.5 Å². The highest BCUT2D eigenvalue weighted by Crippen LogP contribution is 2.33. The van der Waals surface area contributed by atoms with Crippen molar-refractivity contribution in [1.82, 2.24) is 10.2 Å². The summed E-state index contributed by atoms with van der Waals surface area (Å²) in [5.74, 6) is 1.81. The molecule has 106 valence electrons. The summed E-state index contributed by atoms with van der Waals surface area (Å²) < 4.78 is 10.8. The molecule has 1 aliphatic rings. The summed E-state index contributed by atoms with van der Waals surface area (Å²) in [5, 5.41) is 3.34. The summed E-state index contributed by atoms with van der Waals surface area (Å²) in [4.78, 5) is 2.51. The topological polar surface area (TPSA) is 33.7 Å². The molecular weight excluding hydrogens is 240 g/mol. The van der Waals surface area contributed by atoms with Crippen LogP contribution in [0.1, 0.15) is 25.5 Å². The smallest absolute Gasteiger partial charge is 0.123 e. The zero-order valence-electron chi connectivity index (χ0n) is 12.3. The lowest BCUT2D eigenvalue weighted by atomic mass is 10.0. The molecule has 1 fully saturated rings. The van der Waals surface area contributed by atoms with Gasteiger partial charge in [-0.25, -0.2) is 0 Å². The molecule has 4 nitrogen and oxygen atoms in total. The molecule has 0 saturated carbocycles. The lowest BCUT2D eigenvalue weighted by Gasteiger charge is -2.41. The highest BCUT2D eigenvalue weighted by molar-refractivity contribution is 5.42. The maximum absolute atomic E-state index is 5.49. The first-order valence-electron chi connectivity index (χ1n) is 6.89. The van der Waals surface area contributed by atoms with E-state index in [1.54, 1.807) is 14.2 Å². The zero-order chi connectivity index (χ0) is 13.8. The van der Waals surface area contributed by atoms with Crippen LogP contribution in [0.4, 0.5) is 0 Å². The van der Waals surface area contributed by atoms with Gasteiger partial charge in [0.1, 0.15) is 11.5 Å². The van der Waals surface area contributed by atoms with Gasteiger partial charge in [-0.05, 0) is 31.7 Å². The van der Waals surface area contributed by atoms with Gasteiger partial charge in [0.15, 0.2) is 0 Å². The lowest BCUT2D eigenvalue weighted by molar-refractivity contribution is 0.108. The molecule has 1 N–H and O–H groups in total. The predicted octanol–water partition coefficient (Wildman–Crippen LogP) is 2.06. The monoisotopic (exact) mass is 264 g/mol. The van der Waals surface area contributed by atoms with Crippen molar-refractivity contribution in [2.75, 3.05) is 33.9 Å². The Morgan fingerprint density at radius 3 is 2.53 bits per heavy atom. The first-order valence-corrected chi connectivity index (χ1v) is 6.89. The SMILES string of the molecule is CCN(C1CNC1)C(C)c1cc(OC)ccc1OC. The van der Waals surface area contributed by atoms with E-state index in [1.807, 2.05) is 12.1 Å². The number of benzene rings is 1. The highest BCUT2D eigenvalue weighted by Gasteiger charge is 2.29. The first-order chi connectivity index (χ1) is 9.21. The van der Waals surface area contributed by atoms with Crippen molar-refractivity contribution in [3.8, 4) is 11.5 Å². The standard InChI is InChI=1S/C15H24N2O2/c1-5-17(12-9-16-10-12)11(2)14-8-13(18-3)6-7-15(14)19-4/h6-8,11-12,16H,5,9-10H2,1-4H3. The number of nitrogens with zero attached hydrogens (tertiary/aromatic N) is 1. The van der Waals surface area contributed by atoms with Gasteiger partial charge in [-0.3, -0.25) is 4.90 Å². The van der Waals surface area contributed by atoms with E-state index < -0.39 is 0 Å². The van der Waals surface area contributed by atoms with Crippen molar-refractivity contribution < 1.29 is 9.47 Å². The molecular formula is C15H24N2O2. The third-order valence-corrected chi connectivity index (χ3v) is 3.98. The van der Waals surface area contributed by atoms with E-state index in [1.165, 1.54) is 5.56 Å². The Morgan fingerprint density at radius 1 is 1.32 bits per heavy atom. The first kappa shape index (κ1) is 14.2. The summed E-state index contributed by atoms with van der Waals surface area (Å²) in [5.41, 5.74) is 1.19. The van der Waals surface area contributed by atoms with Gasteiger partial charge < -0.3 is 14.8 Å². The fourth-order valence-corrected chi connectivity index (χ4v) is 2.70. The molecule has 0 bridgehead atoms. The molecule has 1 saturated heterocycles. The normalized spacial score (nSPS) is 17.1. The molecule has 0 spiro atoms. The second-order valence-corrected chi connectivity index (χ2v) is 4.93. The second kappa shape index (κ2) is 6.26. The number of hydrogen-bond acceptors (Lipinski definition) is 4. The zero-order valence-corrected chi connectivity index (χ0v) is 12.3. The summed E-state index contributed by atoms with van der Waals surface area (Å²) in [7, 11) is 3.42. The molecule has 1 atom stereocenters. The quantitative estimate of drug-likeness (QED) is 0.853. The van der Waals surface area contributed by atoms with Crippen LogP contribution in [0.3, 0.4) is 0 Å². The molecule has 0 radical (unpaired) electrons. The Hall–Kier alpha value is -1.26. The number of nitrogens with one attached hydrogen (secondary N) is 1. The Balaban J connectivity index is 2.26. The number of rotatable bonds is 6. The molecule has 2 rings (SSSR count). The minimum absolute atomic E-state index is 0.321. The third-order valence-electron chi connectivity index (χ3n) is 3.98. The maximum atomic E-state index is 5.49.